The van der Waals surface area contributed by atoms with Crippen molar-refractivity contribution in [3.63, 3.8) is 0 Å². The van der Waals surface area contributed by atoms with E-state index in [0.717, 1.165) is 24.4 Å². The fourth-order valence-corrected chi connectivity index (χ4v) is 2.17. The lowest BCUT2D eigenvalue weighted by Gasteiger charge is -2.18. The Balaban J connectivity index is 2.22. The van der Waals surface area contributed by atoms with Crippen LogP contribution in [0.1, 0.15) is 17.2 Å². The average molecular weight is 360 g/mol. The predicted octanol–water partition coefficient (Wildman–Crippen LogP) is 1.09. The van der Waals surface area contributed by atoms with Crippen LogP contribution in [0.5, 0.6) is 5.75 Å². The van der Waals surface area contributed by atoms with Crippen molar-refractivity contribution in [2.45, 2.75) is 12.1 Å². The number of aliphatic hydroxyl groups is 2. The first-order valence-electron chi connectivity index (χ1n) is 7.35. The smallest absolute Gasteiger partial charge is 0.270 e. The highest BCUT2D eigenvalue weighted by molar-refractivity contribution is 5.84. The summed E-state index contributed by atoms with van der Waals surface area (Å²) < 4.78 is 0. The highest BCUT2D eigenvalue weighted by Gasteiger charge is 2.20. The number of nitrogens with zero attached hydrogens (tertiary/aromatic N) is 3. The standard InChI is InChI=1S/C16H15N3O7/c20-9-14(16(22)10-1-3-12(4-2-10)18(23)24)17-8-11-7-13(19(25)26)5-6-15(11)21/h1-8,14,16,20-22H,9H2/p-1/t14-,16-/m0/s1. The molecule has 26 heavy (non-hydrogen) atoms. The van der Waals surface area contributed by atoms with E-state index in [4.69, 9.17) is 0 Å². The van der Waals surface area contributed by atoms with Crippen molar-refractivity contribution >= 4 is 17.6 Å². The summed E-state index contributed by atoms with van der Waals surface area (Å²) in [6.45, 7) is -0.572. The van der Waals surface area contributed by atoms with Crippen molar-refractivity contribution in [2.75, 3.05) is 6.61 Å². The van der Waals surface area contributed by atoms with Crippen LogP contribution in [-0.2, 0) is 0 Å². The van der Waals surface area contributed by atoms with Gasteiger partial charge in [0.1, 0.15) is 12.1 Å². The lowest BCUT2D eigenvalue weighted by molar-refractivity contribution is -0.385. The zero-order chi connectivity index (χ0) is 19.3. The molecule has 0 spiro atoms. The van der Waals surface area contributed by atoms with Gasteiger partial charge in [0.05, 0.1) is 16.5 Å². The number of nitro groups is 2. The summed E-state index contributed by atoms with van der Waals surface area (Å²) >= 11 is 0. The van der Waals surface area contributed by atoms with Crippen molar-refractivity contribution in [3.8, 4) is 5.75 Å². The Labute approximate surface area is 147 Å². The van der Waals surface area contributed by atoms with E-state index < -0.39 is 34.3 Å². The predicted molar refractivity (Wildman–Crippen MR) is 89.1 cm³/mol. The maximum Gasteiger partial charge on any atom is 0.270 e. The van der Waals surface area contributed by atoms with Gasteiger partial charge in [-0.3, -0.25) is 25.2 Å². The molecule has 0 aliphatic carbocycles. The molecule has 0 bridgehead atoms. The Morgan fingerprint density at radius 1 is 1.04 bits per heavy atom. The highest BCUT2D eigenvalue weighted by Crippen LogP contribution is 2.23. The van der Waals surface area contributed by atoms with Crippen molar-refractivity contribution < 1.29 is 25.2 Å². The van der Waals surface area contributed by atoms with Crippen LogP contribution in [0.15, 0.2) is 47.5 Å². The molecule has 0 aliphatic heterocycles. The molecule has 0 amide bonds. The molecule has 0 radical (unpaired) electrons. The van der Waals surface area contributed by atoms with Gasteiger partial charge in [-0.05, 0) is 23.3 Å². The molecule has 0 saturated carbocycles. The first-order chi connectivity index (χ1) is 12.3. The monoisotopic (exact) mass is 360 g/mol. The molecule has 0 fully saturated rings. The maximum absolute atomic E-state index is 11.7. The number of hydrogen-bond acceptors (Lipinski definition) is 8. The van der Waals surface area contributed by atoms with Gasteiger partial charge in [0, 0.05) is 30.5 Å². The number of aliphatic imine (C=N–C) groups is 1. The van der Waals surface area contributed by atoms with E-state index in [-0.39, 0.29) is 22.5 Å². The lowest BCUT2D eigenvalue weighted by atomic mass is 10.0. The highest BCUT2D eigenvalue weighted by atomic mass is 16.6. The Kier molecular flexibility index (Phi) is 5.94. The Morgan fingerprint density at radius 2 is 1.62 bits per heavy atom. The van der Waals surface area contributed by atoms with E-state index in [9.17, 15) is 35.5 Å². The molecule has 2 atom stereocenters. The number of nitro benzene ring substituents is 2. The van der Waals surface area contributed by atoms with E-state index in [1.807, 2.05) is 0 Å². The van der Waals surface area contributed by atoms with Crippen LogP contribution in [0, 0.1) is 20.2 Å². The van der Waals surface area contributed by atoms with Gasteiger partial charge in [-0.2, -0.15) is 0 Å². The molecule has 0 aliphatic rings. The minimum atomic E-state index is -1.29. The summed E-state index contributed by atoms with van der Waals surface area (Å²) in [6.07, 6.45) is -0.240. The van der Waals surface area contributed by atoms with E-state index in [0.29, 0.717) is 0 Å². The number of benzene rings is 2. The van der Waals surface area contributed by atoms with Gasteiger partial charge in [0.2, 0.25) is 0 Å². The topological polar surface area (TPSA) is 162 Å². The average Bonchev–Trinajstić information content (AvgIpc) is 2.63. The van der Waals surface area contributed by atoms with Crippen molar-refractivity contribution in [1.29, 1.82) is 0 Å². The summed E-state index contributed by atoms with van der Waals surface area (Å²) in [5.41, 5.74) is -0.221. The summed E-state index contributed by atoms with van der Waals surface area (Å²) in [7, 11) is 0. The van der Waals surface area contributed by atoms with Gasteiger partial charge in [-0.15, -0.1) is 0 Å². The largest absolute Gasteiger partial charge is 0.872 e. The maximum atomic E-state index is 11.7. The minimum absolute atomic E-state index is 0.0615. The van der Waals surface area contributed by atoms with Crippen molar-refractivity contribution in [1.82, 2.24) is 0 Å². The Hall–Kier alpha value is -3.37. The third kappa shape index (κ3) is 4.37. The second-order valence-electron chi connectivity index (χ2n) is 5.30. The summed E-state index contributed by atoms with van der Waals surface area (Å²) in [5.74, 6) is -0.499. The molecule has 10 nitrogen and oxygen atoms in total. The third-order valence-electron chi connectivity index (χ3n) is 3.61. The minimum Gasteiger partial charge on any atom is -0.872 e. The number of non-ortho nitro benzene ring substituents is 2. The van der Waals surface area contributed by atoms with E-state index in [2.05, 4.69) is 4.99 Å². The molecule has 0 aromatic heterocycles. The number of rotatable bonds is 7. The molecule has 2 N–H and O–H groups in total. The molecular weight excluding hydrogens is 346 g/mol. The van der Waals surface area contributed by atoms with Crippen LogP contribution in [0.2, 0.25) is 0 Å². The molecule has 2 aromatic carbocycles. The fraction of sp³-hybridized carbons (Fsp3) is 0.188. The van der Waals surface area contributed by atoms with Crippen LogP contribution in [0.3, 0.4) is 0 Å². The Bertz CT molecular complexity index is 836. The third-order valence-corrected chi connectivity index (χ3v) is 3.61. The Morgan fingerprint density at radius 3 is 2.15 bits per heavy atom. The number of hydrogen-bond donors (Lipinski definition) is 2. The first kappa shape index (κ1) is 19.0. The molecule has 0 heterocycles. The SMILES string of the molecule is O=[N+]([O-])c1ccc([C@H](O)[C@H](CO)N=Cc2cc([N+](=O)[O-])ccc2[O-])cc1. The first-order valence-corrected chi connectivity index (χ1v) is 7.35. The zero-order valence-corrected chi connectivity index (χ0v) is 13.3. The molecule has 136 valence electrons. The second kappa shape index (κ2) is 8.14. The van der Waals surface area contributed by atoms with Gasteiger partial charge in [0.15, 0.2) is 0 Å². The van der Waals surface area contributed by atoms with Crippen LogP contribution in [-0.4, -0.2) is 38.9 Å². The lowest BCUT2D eigenvalue weighted by Crippen LogP contribution is -2.21. The van der Waals surface area contributed by atoms with Gasteiger partial charge < -0.3 is 15.3 Å². The van der Waals surface area contributed by atoms with E-state index >= 15 is 0 Å². The summed E-state index contributed by atoms with van der Waals surface area (Å²) in [6, 6.07) is 7.13. The molecule has 2 rings (SSSR count). The van der Waals surface area contributed by atoms with E-state index in [1.165, 1.54) is 24.3 Å². The van der Waals surface area contributed by atoms with Crippen LogP contribution in [0.25, 0.3) is 0 Å². The van der Waals surface area contributed by atoms with Crippen molar-refractivity contribution in [3.05, 3.63) is 73.8 Å². The van der Waals surface area contributed by atoms with Gasteiger partial charge in [0.25, 0.3) is 11.4 Å². The van der Waals surface area contributed by atoms with E-state index in [1.54, 1.807) is 0 Å². The quantitative estimate of drug-likeness (QED) is 0.424. The van der Waals surface area contributed by atoms with Gasteiger partial charge in [-0.1, -0.05) is 11.8 Å². The van der Waals surface area contributed by atoms with Crippen LogP contribution in [0.4, 0.5) is 11.4 Å². The zero-order valence-electron chi connectivity index (χ0n) is 13.3. The molecular formula is C16H14N3O7-. The molecule has 0 unspecified atom stereocenters. The summed E-state index contributed by atoms with van der Waals surface area (Å²) in [4.78, 5) is 24.1. The van der Waals surface area contributed by atoms with Crippen molar-refractivity contribution in [2.24, 2.45) is 4.99 Å². The molecule has 10 heteroatoms. The fourth-order valence-electron chi connectivity index (χ4n) is 2.17. The number of aliphatic hydroxyl groups excluding tert-OH is 2. The normalized spacial score (nSPS) is 13.5. The molecule has 2 aromatic rings. The van der Waals surface area contributed by atoms with Crippen LogP contribution < -0.4 is 5.11 Å². The summed E-state index contributed by atoms with van der Waals surface area (Å²) in [5, 5.41) is 52.8. The van der Waals surface area contributed by atoms with Gasteiger partial charge in [-0.25, -0.2) is 0 Å². The van der Waals surface area contributed by atoms with Crippen LogP contribution >= 0.6 is 0 Å². The molecule has 0 saturated heterocycles. The second-order valence-corrected chi connectivity index (χ2v) is 5.30. The van der Waals surface area contributed by atoms with Gasteiger partial charge >= 0.3 is 0 Å².